The molecule has 0 rings (SSSR count). The van der Waals surface area contributed by atoms with Crippen LogP contribution >= 0.6 is 0 Å². The predicted octanol–water partition coefficient (Wildman–Crippen LogP) is 1.62. The Kier molecular flexibility index (Phi) is 7.64. The van der Waals surface area contributed by atoms with Gasteiger partial charge in [-0.3, -0.25) is 4.79 Å². The van der Waals surface area contributed by atoms with E-state index >= 15 is 0 Å². The van der Waals surface area contributed by atoms with Gasteiger partial charge < -0.3 is 10.6 Å². The van der Waals surface area contributed by atoms with Crippen LogP contribution in [0.2, 0.25) is 0 Å². The second-order valence-corrected chi connectivity index (χ2v) is 3.50. The molecule has 0 aliphatic carbocycles. The van der Waals surface area contributed by atoms with Gasteiger partial charge in [0.1, 0.15) is 0 Å². The molecule has 0 atom stereocenters. The molecule has 0 aromatic carbocycles. The van der Waals surface area contributed by atoms with Crippen LogP contribution in [0.5, 0.6) is 0 Å². The van der Waals surface area contributed by atoms with Gasteiger partial charge in [0.2, 0.25) is 5.91 Å². The largest absolute Gasteiger partial charge is 0.352 e. The molecule has 0 saturated heterocycles. The molecule has 0 fully saturated rings. The zero-order valence-electron chi connectivity index (χ0n) is 10.2. The highest BCUT2D eigenvalue weighted by molar-refractivity contribution is 5.73. The number of hydrogen-bond donors (Lipinski definition) is 2. The monoisotopic (exact) mass is 210 g/mol. The first-order valence-electron chi connectivity index (χ1n) is 5.33. The molecular formula is C12H22N2O. The van der Waals surface area contributed by atoms with Crippen molar-refractivity contribution in [2.75, 3.05) is 20.1 Å². The summed E-state index contributed by atoms with van der Waals surface area (Å²) >= 11 is 0. The van der Waals surface area contributed by atoms with Crippen LogP contribution in [0.4, 0.5) is 0 Å². The number of carbonyl (C=O) groups excluding carboxylic acids is 1. The zero-order chi connectivity index (χ0) is 11.7. The number of rotatable bonds is 6. The highest BCUT2D eigenvalue weighted by Gasteiger charge is 2.00. The van der Waals surface area contributed by atoms with Crippen molar-refractivity contribution in [2.24, 2.45) is 0 Å². The number of nitrogens with one attached hydrogen (secondary N) is 2. The molecular weight excluding hydrogens is 188 g/mol. The smallest absolute Gasteiger partial charge is 0.217 e. The molecule has 0 aromatic heterocycles. The van der Waals surface area contributed by atoms with Gasteiger partial charge in [0.05, 0.1) is 0 Å². The normalized spacial score (nSPS) is 12.8. The molecule has 0 aliphatic rings. The first-order chi connectivity index (χ1) is 7.11. The summed E-state index contributed by atoms with van der Waals surface area (Å²) in [5.74, 6) is 0.0124. The summed E-state index contributed by atoms with van der Waals surface area (Å²) < 4.78 is 0. The van der Waals surface area contributed by atoms with Crippen molar-refractivity contribution >= 4 is 5.91 Å². The van der Waals surface area contributed by atoms with Crippen LogP contribution in [-0.2, 0) is 4.79 Å². The zero-order valence-corrected chi connectivity index (χ0v) is 10.2. The van der Waals surface area contributed by atoms with Gasteiger partial charge in [0, 0.05) is 13.5 Å². The maximum absolute atomic E-state index is 10.8. The summed E-state index contributed by atoms with van der Waals surface area (Å²) in [6.07, 6.45) is 5.21. The fourth-order valence-electron chi connectivity index (χ4n) is 1.17. The van der Waals surface area contributed by atoms with E-state index in [0.29, 0.717) is 6.54 Å². The van der Waals surface area contributed by atoms with Gasteiger partial charge in [-0.05, 0) is 39.4 Å². The minimum atomic E-state index is 0.0124. The molecule has 0 heterocycles. The van der Waals surface area contributed by atoms with Crippen molar-refractivity contribution in [1.29, 1.82) is 0 Å². The van der Waals surface area contributed by atoms with Crippen LogP contribution < -0.4 is 10.6 Å². The number of amides is 1. The van der Waals surface area contributed by atoms with Crippen molar-refractivity contribution in [3.63, 3.8) is 0 Å². The molecule has 0 saturated carbocycles. The second-order valence-electron chi connectivity index (χ2n) is 3.50. The van der Waals surface area contributed by atoms with E-state index in [4.69, 9.17) is 0 Å². The standard InChI is InChI=1S/C12H22N2O/c1-5-10(2)12(7-6-8-13-4)9-14-11(3)15/h5,7,13H,6,8-9H2,1-4H3,(H,14,15)/b10-5-,12-7-. The Morgan fingerprint density at radius 3 is 2.47 bits per heavy atom. The minimum absolute atomic E-state index is 0.0124. The number of carbonyl (C=O) groups is 1. The Balaban J connectivity index is 4.30. The van der Waals surface area contributed by atoms with Crippen LogP contribution in [0, 0.1) is 0 Å². The molecule has 1 amide bonds. The summed E-state index contributed by atoms with van der Waals surface area (Å²) in [5.41, 5.74) is 2.42. The van der Waals surface area contributed by atoms with Gasteiger partial charge in [-0.25, -0.2) is 0 Å². The maximum Gasteiger partial charge on any atom is 0.217 e. The van der Waals surface area contributed by atoms with Gasteiger partial charge in [-0.2, -0.15) is 0 Å². The average molecular weight is 210 g/mol. The van der Waals surface area contributed by atoms with E-state index in [1.807, 2.05) is 14.0 Å². The lowest BCUT2D eigenvalue weighted by molar-refractivity contribution is -0.118. The third-order valence-corrected chi connectivity index (χ3v) is 2.25. The number of allylic oxidation sites excluding steroid dienone is 1. The van der Waals surface area contributed by atoms with Gasteiger partial charge in [0.25, 0.3) is 0 Å². The third kappa shape index (κ3) is 6.91. The molecule has 2 N–H and O–H groups in total. The maximum atomic E-state index is 10.8. The topological polar surface area (TPSA) is 41.1 Å². The van der Waals surface area contributed by atoms with E-state index in [1.165, 1.54) is 18.1 Å². The lowest BCUT2D eigenvalue weighted by Crippen LogP contribution is -2.23. The molecule has 0 bridgehead atoms. The molecule has 0 aliphatic heterocycles. The van der Waals surface area contributed by atoms with E-state index in [9.17, 15) is 4.79 Å². The quantitative estimate of drug-likeness (QED) is 0.517. The Bertz CT molecular complexity index is 254. The lowest BCUT2D eigenvalue weighted by atomic mass is 10.1. The Morgan fingerprint density at radius 1 is 1.33 bits per heavy atom. The summed E-state index contributed by atoms with van der Waals surface area (Å²) in [7, 11) is 1.93. The summed E-state index contributed by atoms with van der Waals surface area (Å²) in [6.45, 7) is 7.19. The molecule has 0 radical (unpaired) electrons. The van der Waals surface area contributed by atoms with Crippen molar-refractivity contribution in [1.82, 2.24) is 10.6 Å². The Morgan fingerprint density at radius 2 is 2.00 bits per heavy atom. The summed E-state index contributed by atoms with van der Waals surface area (Å²) in [4.78, 5) is 10.8. The van der Waals surface area contributed by atoms with E-state index in [2.05, 4.69) is 29.7 Å². The molecule has 0 aromatic rings. The van der Waals surface area contributed by atoms with Crippen molar-refractivity contribution in [2.45, 2.75) is 27.2 Å². The predicted molar refractivity (Wildman–Crippen MR) is 64.7 cm³/mol. The van der Waals surface area contributed by atoms with Gasteiger partial charge in [-0.15, -0.1) is 0 Å². The van der Waals surface area contributed by atoms with Gasteiger partial charge >= 0.3 is 0 Å². The first kappa shape index (κ1) is 13.9. The van der Waals surface area contributed by atoms with Gasteiger partial charge in [0.15, 0.2) is 0 Å². The van der Waals surface area contributed by atoms with Crippen LogP contribution in [-0.4, -0.2) is 26.0 Å². The fraction of sp³-hybridized carbons (Fsp3) is 0.583. The van der Waals surface area contributed by atoms with E-state index in [0.717, 1.165) is 13.0 Å². The van der Waals surface area contributed by atoms with Crippen molar-refractivity contribution in [3.8, 4) is 0 Å². The van der Waals surface area contributed by atoms with Gasteiger partial charge in [-0.1, -0.05) is 17.7 Å². The molecule has 0 unspecified atom stereocenters. The summed E-state index contributed by atoms with van der Waals surface area (Å²) in [5, 5.41) is 5.91. The summed E-state index contributed by atoms with van der Waals surface area (Å²) in [6, 6.07) is 0. The van der Waals surface area contributed by atoms with Crippen molar-refractivity contribution < 1.29 is 4.79 Å². The second kappa shape index (κ2) is 8.24. The fourth-order valence-corrected chi connectivity index (χ4v) is 1.17. The third-order valence-electron chi connectivity index (χ3n) is 2.25. The first-order valence-corrected chi connectivity index (χ1v) is 5.33. The highest BCUT2D eigenvalue weighted by atomic mass is 16.1. The molecule has 15 heavy (non-hydrogen) atoms. The van der Waals surface area contributed by atoms with Crippen molar-refractivity contribution in [3.05, 3.63) is 23.3 Å². The average Bonchev–Trinajstić information content (AvgIpc) is 2.21. The van der Waals surface area contributed by atoms with Crippen LogP contribution in [0.3, 0.4) is 0 Å². The van der Waals surface area contributed by atoms with E-state index in [-0.39, 0.29) is 5.91 Å². The number of hydrogen-bond acceptors (Lipinski definition) is 2. The molecule has 3 heteroatoms. The highest BCUT2D eigenvalue weighted by Crippen LogP contribution is 2.08. The SMILES string of the molecule is C/C=C(C)\C(=C/CCNC)CNC(C)=O. The molecule has 0 spiro atoms. The van der Waals surface area contributed by atoms with E-state index in [1.54, 1.807) is 0 Å². The molecule has 3 nitrogen and oxygen atoms in total. The molecule has 86 valence electrons. The van der Waals surface area contributed by atoms with Crippen LogP contribution in [0.25, 0.3) is 0 Å². The lowest BCUT2D eigenvalue weighted by Gasteiger charge is -2.08. The Labute approximate surface area is 92.6 Å². The van der Waals surface area contributed by atoms with E-state index < -0.39 is 0 Å². The Hall–Kier alpha value is -1.09. The minimum Gasteiger partial charge on any atom is -0.352 e. The van der Waals surface area contributed by atoms with Crippen LogP contribution in [0.1, 0.15) is 27.2 Å². The van der Waals surface area contributed by atoms with Crippen LogP contribution in [0.15, 0.2) is 23.3 Å².